The molecule has 0 aliphatic carbocycles. The van der Waals surface area contributed by atoms with Crippen molar-refractivity contribution in [2.24, 2.45) is 5.92 Å². The van der Waals surface area contributed by atoms with Crippen LogP contribution in [0.1, 0.15) is 36.6 Å². The van der Waals surface area contributed by atoms with Gasteiger partial charge in [-0.3, -0.25) is 15.6 Å². The summed E-state index contributed by atoms with van der Waals surface area (Å²) in [5, 5.41) is 3.63. The number of carbonyl (C=O) groups excluding carboxylic acids is 1. The molecule has 4 nitrogen and oxygen atoms in total. The quantitative estimate of drug-likeness (QED) is 0.460. The van der Waals surface area contributed by atoms with Crippen molar-refractivity contribution < 1.29 is 4.79 Å². The summed E-state index contributed by atoms with van der Waals surface area (Å²) in [4.78, 5) is 12.2. The zero-order valence-electron chi connectivity index (χ0n) is 15.8. The Labute approximate surface area is 171 Å². The second-order valence-corrected chi connectivity index (χ2v) is 8.13. The maximum atomic E-state index is 12.2. The van der Waals surface area contributed by atoms with Crippen LogP contribution < -0.4 is 16.2 Å². The molecule has 1 amide bonds. The van der Waals surface area contributed by atoms with Crippen LogP contribution in [-0.2, 0) is 4.79 Å². The Kier molecular flexibility index (Phi) is 9.15. The molecule has 2 rings (SSSR count). The molecule has 144 valence electrons. The predicted octanol–water partition coefficient (Wildman–Crippen LogP) is 4.05. The fourth-order valence-corrected chi connectivity index (χ4v) is 3.72. The molecule has 0 saturated carbocycles. The lowest BCUT2D eigenvalue weighted by Crippen LogP contribution is -2.47. The average molecular weight is 402 g/mol. The van der Waals surface area contributed by atoms with Gasteiger partial charge in [0, 0.05) is 6.54 Å². The topological polar surface area (TPSA) is 53.2 Å². The highest BCUT2D eigenvalue weighted by atomic mass is 32.2. The van der Waals surface area contributed by atoms with E-state index in [1.807, 2.05) is 36.4 Å². The molecule has 0 unspecified atom stereocenters. The van der Waals surface area contributed by atoms with E-state index in [4.69, 9.17) is 12.2 Å². The van der Waals surface area contributed by atoms with E-state index in [1.165, 1.54) is 11.1 Å². The lowest BCUT2D eigenvalue weighted by molar-refractivity contribution is -0.119. The molecule has 3 N–H and O–H groups in total. The van der Waals surface area contributed by atoms with E-state index < -0.39 is 0 Å². The fourth-order valence-electron chi connectivity index (χ4n) is 2.48. The van der Waals surface area contributed by atoms with E-state index in [2.05, 4.69) is 54.3 Å². The zero-order chi connectivity index (χ0) is 19.5. The molecule has 27 heavy (non-hydrogen) atoms. The van der Waals surface area contributed by atoms with Gasteiger partial charge in [-0.25, -0.2) is 0 Å². The highest BCUT2D eigenvalue weighted by molar-refractivity contribution is 8.00. The number of thiocarbonyl (C=S) groups is 1. The summed E-state index contributed by atoms with van der Waals surface area (Å²) < 4.78 is 0. The van der Waals surface area contributed by atoms with Crippen LogP contribution in [0.3, 0.4) is 0 Å². The van der Waals surface area contributed by atoms with Crippen LogP contribution in [0.2, 0.25) is 0 Å². The third kappa shape index (κ3) is 8.01. The van der Waals surface area contributed by atoms with E-state index in [9.17, 15) is 4.79 Å². The Hall–Kier alpha value is -2.05. The van der Waals surface area contributed by atoms with Gasteiger partial charge in [-0.2, -0.15) is 0 Å². The first kappa shape index (κ1) is 21.3. The van der Waals surface area contributed by atoms with Gasteiger partial charge in [0.25, 0.3) is 0 Å². The van der Waals surface area contributed by atoms with Gasteiger partial charge >= 0.3 is 0 Å². The van der Waals surface area contributed by atoms with Crippen molar-refractivity contribution in [1.82, 2.24) is 16.2 Å². The van der Waals surface area contributed by atoms with Crippen molar-refractivity contribution in [2.45, 2.75) is 25.5 Å². The van der Waals surface area contributed by atoms with E-state index >= 15 is 0 Å². The molecule has 0 fully saturated rings. The molecular formula is C21H27N3OS2. The van der Waals surface area contributed by atoms with Crippen molar-refractivity contribution in [1.29, 1.82) is 0 Å². The van der Waals surface area contributed by atoms with Crippen LogP contribution in [0, 0.1) is 5.92 Å². The first-order valence-corrected chi connectivity index (χ1v) is 10.6. The number of hydrazine groups is 1. The molecule has 0 saturated heterocycles. The van der Waals surface area contributed by atoms with Gasteiger partial charge in [0.05, 0.1) is 11.0 Å². The van der Waals surface area contributed by atoms with Crippen LogP contribution in [0.4, 0.5) is 0 Å². The highest BCUT2D eigenvalue weighted by Gasteiger charge is 2.16. The molecule has 0 aromatic heterocycles. The van der Waals surface area contributed by atoms with E-state index in [0.717, 1.165) is 13.0 Å². The molecule has 0 bridgehead atoms. The maximum Gasteiger partial charge on any atom is 0.248 e. The summed E-state index contributed by atoms with van der Waals surface area (Å²) in [6.45, 7) is 5.11. The Morgan fingerprint density at radius 3 is 2.04 bits per heavy atom. The van der Waals surface area contributed by atoms with Crippen molar-refractivity contribution in [2.75, 3.05) is 12.3 Å². The number of hydrogen-bond acceptors (Lipinski definition) is 3. The first-order chi connectivity index (χ1) is 13.1. The molecule has 0 aliphatic heterocycles. The smallest absolute Gasteiger partial charge is 0.248 e. The van der Waals surface area contributed by atoms with Gasteiger partial charge in [0.1, 0.15) is 0 Å². The third-order valence-electron chi connectivity index (χ3n) is 3.91. The van der Waals surface area contributed by atoms with E-state index in [-0.39, 0.29) is 11.2 Å². The lowest BCUT2D eigenvalue weighted by atomic mass is 10.0. The molecule has 0 atom stereocenters. The molecule has 0 heterocycles. The van der Waals surface area contributed by atoms with Crippen molar-refractivity contribution in [3.8, 4) is 0 Å². The predicted molar refractivity (Wildman–Crippen MR) is 119 cm³/mol. The van der Waals surface area contributed by atoms with Gasteiger partial charge in [-0.15, -0.1) is 11.8 Å². The van der Waals surface area contributed by atoms with Crippen LogP contribution >= 0.6 is 24.0 Å². The van der Waals surface area contributed by atoms with Gasteiger partial charge in [-0.05, 0) is 35.7 Å². The van der Waals surface area contributed by atoms with E-state index in [1.54, 1.807) is 11.8 Å². The number of amides is 1. The second kappa shape index (κ2) is 11.6. The van der Waals surface area contributed by atoms with Crippen LogP contribution in [0.5, 0.6) is 0 Å². The molecule has 6 heteroatoms. The number of benzene rings is 2. The monoisotopic (exact) mass is 401 g/mol. The fraction of sp³-hybridized carbons (Fsp3) is 0.333. The SMILES string of the molecule is CC(C)CCNC(=S)NNC(=O)CSC(c1ccccc1)c1ccccc1. The Bertz CT molecular complexity index is 668. The summed E-state index contributed by atoms with van der Waals surface area (Å²) >= 11 is 6.76. The first-order valence-electron chi connectivity index (χ1n) is 9.10. The number of nitrogens with one attached hydrogen (secondary N) is 3. The average Bonchev–Trinajstić information content (AvgIpc) is 2.68. The minimum absolute atomic E-state index is 0.106. The van der Waals surface area contributed by atoms with Crippen LogP contribution in [-0.4, -0.2) is 23.3 Å². The summed E-state index contributed by atoms with van der Waals surface area (Å²) in [6.07, 6.45) is 1.03. The third-order valence-corrected chi connectivity index (χ3v) is 5.46. The normalized spacial score (nSPS) is 10.7. The second-order valence-electron chi connectivity index (χ2n) is 6.62. The molecular weight excluding hydrogens is 374 g/mol. The maximum absolute atomic E-state index is 12.2. The van der Waals surface area contributed by atoms with Gasteiger partial charge in [-0.1, -0.05) is 74.5 Å². The van der Waals surface area contributed by atoms with E-state index in [0.29, 0.717) is 16.8 Å². The number of carbonyl (C=O) groups is 1. The molecule has 0 radical (unpaired) electrons. The van der Waals surface area contributed by atoms with Gasteiger partial charge in [0.2, 0.25) is 5.91 Å². The summed E-state index contributed by atoms with van der Waals surface area (Å²) in [5.74, 6) is 0.833. The summed E-state index contributed by atoms with van der Waals surface area (Å²) in [6, 6.07) is 20.5. The Morgan fingerprint density at radius 1 is 0.963 bits per heavy atom. The van der Waals surface area contributed by atoms with Crippen molar-refractivity contribution in [3.63, 3.8) is 0 Å². The standard InChI is InChI=1S/C21H27N3OS2/c1-16(2)13-14-22-21(26)24-23-19(25)15-27-20(17-9-5-3-6-10-17)18-11-7-4-8-12-18/h3-12,16,20H,13-15H2,1-2H3,(H,23,25)(H2,22,24,26). The number of thioether (sulfide) groups is 1. The van der Waals surface area contributed by atoms with Gasteiger partial charge in [0.15, 0.2) is 5.11 Å². The summed E-state index contributed by atoms with van der Waals surface area (Å²) in [7, 11) is 0. The largest absolute Gasteiger partial charge is 0.361 e. The van der Waals surface area contributed by atoms with Crippen molar-refractivity contribution in [3.05, 3.63) is 71.8 Å². The molecule has 2 aromatic carbocycles. The Morgan fingerprint density at radius 2 is 1.52 bits per heavy atom. The lowest BCUT2D eigenvalue weighted by Gasteiger charge is -2.18. The zero-order valence-corrected chi connectivity index (χ0v) is 17.4. The van der Waals surface area contributed by atoms with Crippen molar-refractivity contribution >= 4 is 35.0 Å². The molecule has 2 aromatic rings. The van der Waals surface area contributed by atoms with Crippen LogP contribution in [0.25, 0.3) is 0 Å². The Balaban J connectivity index is 1.84. The summed E-state index contributed by atoms with van der Waals surface area (Å²) in [5.41, 5.74) is 7.79. The minimum Gasteiger partial charge on any atom is -0.361 e. The van der Waals surface area contributed by atoms with Gasteiger partial charge < -0.3 is 5.32 Å². The highest BCUT2D eigenvalue weighted by Crippen LogP contribution is 2.35. The van der Waals surface area contributed by atoms with Crippen LogP contribution in [0.15, 0.2) is 60.7 Å². The molecule has 0 aliphatic rings. The number of hydrogen-bond donors (Lipinski definition) is 3. The minimum atomic E-state index is -0.107. The molecule has 0 spiro atoms. The number of rotatable bonds is 8.